The maximum atomic E-state index is 12.2. The summed E-state index contributed by atoms with van der Waals surface area (Å²) in [4.78, 5) is 16.4. The van der Waals surface area contributed by atoms with Crippen LogP contribution in [-0.4, -0.2) is 68.2 Å². The molecule has 1 fully saturated rings. The summed E-state index contributed by atoms with van der Waals surface area (Å²) in [6.45, 7) is 9.21. The molecule has 1 aliphatic rings. The number of ether oxygens (including phenoxy) is 1. The minimum absolute atomic E-state index is 0.107. The maximum Gasteiger partial charge on any atom is 0.239 e. The number of nitrogens with zero attached hydrogens (tertiary/aromatic N) is 2. The molecular formula is C13H27N3O2. The topological polar surface area (TPSA) is 58.8 Å². The molecule has 0 aromatic heterocycles. The number of nitrogens with two attached hydrogens (primary N) is 1. The molecular weight excluding hydrogens is 230 g/mol. The van der Waals surface area contributed by atoms with Crippen molar-refractivity contribution in [3.05, 3.63) is 0 Å². The number of carbonyl (C=O) groups excluding carboxylic acids is 1. The minimum atomic E-state index is -0.347. The van der Waals surface area contributed by atoms with E-state index in [1.54, 1.807) is 7.11 Å². The van der Waals surface area contributed by atoms with E-state index in [-0.39, 0.29) is 17.9 Å². The first-order valence-electron chi connectivity index (χ1n) is 6.85. The summed E-state index contributed by atoms with van der Waals surface area (Å²) < 4.78 is 5.06. The molecule has 5 heteroatoms. The summed E-state index contributed by atoms with van der Waals surface area (Å²) in [7, 11) is 1.71. The van der Waals surface area contributed by atoms with Crippen LogP contribution in [0.4, 0.5) is 0 Å². The van der Waals surface area contributed by atoms with Gasteiger partial charge in [-0.2, -0.15) is 0 Å². The van der Waals surface area contributed by atoms with E-state index in [0.29, 0.717) is 0 Å². The van der Waals surface area contributed by atoms with Gasteiger partial charge in [-0.05, 0) is 5.92 Å². The fourth-order valence-corrected chi connectivity index (χ4v) is 2.12. The van der Waals surface area contributed by atoms with Gasteiger partial charge >= 0.3 is 0 Å². The zero-order chi connectivity index (χ0) is 13.5. The Kier molecular flexibility index (Phi) is 6.60. The molecule has 0 aromatic rings. The standard InChI is InChI=1S/C13H27N3O2/c1-4-11(2)12(14)13(17)16-7-5-15(6-8-16)9-10-18-3/h11-12H,4-10,14H2,1-3H3. The third-order valence-corrected chi connectivity index (χ3v) is 3.84. The number of methoxy groups -OCH3 is 1. The maximum absolute atomic E-state index is 12.2. The molecule has 1 heterocycles. The molecule has 1 aliphatic heterocycles. The third kappa shape index (κ3) is 4.23. The van der Waals surface area contributed by atoms with Gasteiger partial charge < -0.3 is 15.4 Å². The molecule has 1 amide bonds. The smallest absolute Gasteiger partial charge is 0.239 e. The van der Waals surface area contributed by atoms with E-state index in [4.69, 9.17) is 10.5 Å². The number of rotatable bonds is 6. The molecule has 2 atom stereocenters. The van der Waals surface area contributed by atoms with E-state index in [9.17, 15) is 4.79 Å². The molecule has 5 nitrogen and oxygen atoms in total. The molecule has 0 saturated carbocycles. The largest absolute Gasteiger partial charge is 0.383 e. The molecule has 18 heavy (non-hydrogen) atoms. The van der Waals surface area contributed by atoms with Gasteiger partial charge in [0.25, 0.3) is 0 Å². The molecule has 2 N–H and O–H groups in total. The normalized spacial score (nSPS) is 20.8. The van der Waals surface area contributed by atoms with Crippen LogP contribution in [0, 0.1) is 5.92 Å². The Hall–Kier alpha value is -0.650. The van der Waals surface area contributed by atoms with Crippen LogP contribution >= 0.6 is 0 Å². The van der Waals surface area contributed by atoms with Gasteiger partial charge in [-0.15, -0.1) is 0 Å². The zero-order valence-corrected chi connectivity index (χ0v) is 11.9. The highest BCUT2D eigenvalue weighted by Crippen LogP contribution is 2.10. The predicted octanol–water partition coefficient (Wildman–Crippen LogP) is 0.150. The van der Waals surface area contributed by atoms with Crippen LogP contribution < -0.4 is 5.73 Å². The summed E-state index contributed by atoms with van der Waals surface area (Å²) in [6, 6.07) is -0.347. The summed E-state index contributed by atoms with van der Waals surface area (Å²) in [5.74, 6) is 0.361. The fourth-order valence-electron chi connectivity index (χ4n) is 2.12. The highest BCUT2D eigenvalue weighted by Gasteiger charge is 2.27. The van der Waals surface area contributed by atoms with Crippen LogP contribution in [0.15, 0.2) is 0 Å². The Morgan fingerprint density at radius 1 is 1.33 bits per heavy atom. The van der Waals surface area contributed by atoms with E-state index >= 15 is 0 Å². The van der Waals surface area contributed by atoms with Gasteiger partial charge in [0.05, 0.1) is 12.6 Å². The van der Waals surface area contributed by atoms with Crippen LogP contribution in [0.25, 0.3) is 0 Å². The van der Waals surface area contributed by atoms with E-state index < -0.39 is 0 Å². The molecule has 0 bridgehead atoms. The van der Waals surface area contributed by atoms with Gasteiger partial charge in [-0.25, -0.2) is 0 Å². The summed E-state index contributed by atoms with van der Waals surface area (Å²) in [6.07, 6.45) is 0.945. The number of carbonyl (C=O) groups is 1. The number of amides is 1. The van der Waals surface area contributed by atoms with Crippen LogP contribution in [-0.2, 0) is 9.53 Å². The molecule has 1 rings (SSSR count). The van der Waals surface area contributed by atoms with E-state index in [0.717, 1.165) is 45.8 Å². The average molecular weight is 257 g/mol. The molecule has 0 aliphatic carbocycles. The lowest BCUT2D eigenvalue weighted by Gasteiger charge is -2.36. The van der Waals surface area contributed by atoms with Crippen molar-refractivity contribution in [3.63, 3.8) is 0 Å². The lowest BCUT2D eigenvalue weighted by atomic mass is 9.98. The van der Waals surface area contributed by atoms with Crippen LogP contribution in [0.3, 0.4) is 0 Å². The molecule has 0 radical (unpaired) electrons. The fraction of sp³-hybridized carbons (Fsp3) is 0.923. The predicted molar refractivity (Wildman–Crippen MR) is 72.3 cm³/mol. The third-order valence-electron chi connectivity index (χ3n) is 3.84. The van der Waals surface area contributed by atoms with E-state index in [1.165, 1.54) is 0 Å². The summed E-state index contributed by atoms with van der Waals surface area (Å²) >= 11 is 0. The second-order valence-electron chi connectivity index (χ2n) is 5.07. The van der Waals surface area contributed by atoms with E-state index in [2.05, 4.69) is 11.8 Å². The first-order valence-corrected chi connectivity index (χ1v) is 6.85. The quantitative estimate of drug-likeness (QED) is 0.736. The van der Waals surface area contributed by atoms with Crippen molar-refractivity contribution >= 4 is 5.91 Å². The number of piperazine rings is 1. The van der Waals surface area contributed by atoms with Gasteiger partial charge in [0.2, 0.25) is 5.91 Å². The van der Waals surface area contributed by atoms with Crippen molar-refractivity contribution in [2.24, 2.45) is 11.7 Å². The number of hydrogen-bond donors (Lipinski definition) is 1. The van der Waals surface area contributed by atoms with Gasteiger partial charge in [0.15, 0.2) is 0 Å². The minimum Gasteiger partial charge on any atom is -0.383 e. The van der Waals surface area contributed by atoms with Crippen molar-refractivity contribution in [2.75, 3.05) is 46.4 Å². The Morgan fingerprint density at radius 3 is 2.44 bits per heavy atom. The lowest BCUT2D eigenvalue weighted by molar-refractivity contribution is -0.135. The van der Waals surface area contributed by atoms with Crippen molar-refractivity contribution in [2.45, 2.75) is 26.3 Å². The van der Waals surface area contributed by atoms with Gasteiger partial charge in [-0.1, -0.05) is 20.3 Å². The highest BCUT2D eigenvalue weighted by atomic mass is 16.5. The van der Waals surface area contributed by atoms with Gasteiger partial charge in [0, 0.05) is 39.8 Å². The van der Waals surface area contributed by atoms with Gasteiger partial charge in [-0.3, -0.25) is 9.69 Å². The van der Waals surface area contributed by atoms with Gasteiger partial charge in [0.1, 0.15) is 0 Å². The second-order valence-corrected chi connectivity index (χ2v) is 5.07. The van der Waals surface area contributed by atoms with Crippen molar-refractivity contribution < 1.29 is 9.53 Å². The molecule has 0 spiro atoms. The second kappa shape index (κ2) is 7.71. The Labute approximate surface area is 110 Å². The molecule has 1 saturated heterocycles. The first-order chi connectivity index (χ1) is 8.60. The lowest BCUT2D eigenvalue weighted by Crippen LogP contribution is -2.54. The highest BCUT2D eigenvalue weighted by molar-refractivity contribution is 5.82. The molecule has 2 unspecified atom stereocenters. The Balaban J connectivity index is 2.35. The molecule has 0 aromatic carbocycles. The zero-order valence-electron chi connectivity index (χ0n) is 11.9. The van der Waals surface area contributed by atoms with Crippen molar-refractivity contribution in [1.82, 2.24) is 9.80 Å². The summed E-state index contributed by atoms with van der Waals surface area (Å²) in [5.41, 5.74) is 5.99. The van der Waals surface area contributed by atoms with Crippen molar-refractivity contribution in [1.29, 1.82) is 0 Å². The van der Waals surface area contributed by atoms with E-state index in [1.807, 2.05) is 11.8 Å². The van der Waals surface area contributed by atoms with Crippen LogP contribution in [0.2, 0.25) is 0 Å². The van der Waals surface area contributed by atoms with Crippen LogP contribution in [0.1, 0.15) is 20.3 Å². The Bertz CT molecular complexity index is 253. The SMILES string of the molecule is CCC(C)C(N)C(=O)N1CCN(CCOC)CC1. The summed E-state index contributed by atoms with van der Waals surface area (Å²) in [5, 5.41) is 0. The molecule has 106 valence electrons. The monoisotopic (exact) mass is 257 g/mol. The van der Waals surface area contributed by atoms with Crippen LogP contribution in [0.5, 0.6) is 0 Å². The average Bonchev–Trinajstić information content (AvgIpc) is 2.43. The first kappa shape index (κ1) is 15.4. The van der Waals surface area contributed by atoms with Crippen molar-refractivity contribution in [3.8, 4) is 0 Å². The Morgan fingerprint density at radius 2 is 1.94 bits per heavy atom. The number of hydrogen-bond acceptors (Lipinski definition) is 4.